The molecule has 0 radical (unpaired) electrons. The standard InChI is InChI=1S/C25H31FN2O5S/c1-16-18(13-17-9-5-6-10-21(17)34(31,32)27-11-7-8-12-27)22-19(14-25(2,3)15-20(22)29)28(16)23(26)24(30)33-4/h5-6,9-10,23H,7-8,11-15H2,1-4H3. The van der Waals surface area contributed by atoms with Crippen molar-refractivity contribution < 1.29 is 27.1 Å². The van der Waals surface area contributed by atoms with Crippen LogP contribution in [0.2, 0.25) is 0 Å². The molecule has 7 nitrogen and oxygen atoms in total. The Kier molecular flexibility index (Phi) is 6.46. The molecule has 0 saturated carbocycles. The number of fused-ring (bicyclic) bond motifs is 1. The number of alkyl halides is 1. The summed E-state index contributed by atoms with van der Waals surface area (Å²) < 4.78 is 49.3. The van der Waals surface area contributed by atoms with Crippen LogP contribution in [0.3, 0.4) is 0 Å². The Morgan fingerprint density at radius 2 is 1.82 bits per heavy atom. The molecule has 9 heteroatoms. The minimum absolute atomic E-state index is 0.125. The highest BCUT2D eigenvalue weighted by Crippen LogP contribution is 2.41. The summed E-state index contributed by atoms with van der Waals surface area (Å²) in [6.07, 6.45) is 0.418. The van der Waals surface area contributed by atoms with Crippen molar-refractivity contribution in [2.24, 2.45) is 5.41 Å². The maximum absolute atomic E-state index is 15.3. The van der Waals surface area contributed by atoms with E-state index < -0.39 is 27.7 Å². The Balaban J connectivity index is 1.86. The summed E-state index contributed by atoms with van der Waals surface area (Å²) in [5, 5.41) is 0. The van der Waals surface area contributed by atoms with Crippen molar-refractivity contribution >= 4 is 21.8 Å². The van der Waals surface area contributed by atoms with Gasteiger partial charge in [0, 0.05) is 42.9 Å². The Labute approximate surface area is 199 Å². The maximum Gasteiger partial charge on any atom is 0.362 e. The van der Waals surface area contributed by atoms with E-state index in [4.69, 9.17) is 0 Å². The molecule has 1 aliphatic heterocycles. The molecule has 2 aromatic rings. The number of hydrogen-bond acceptors (Lipinski definition) is 5. The highest BCUT2D eigenvalue weighted by atomic mass is 32.2. The monoisotopic (exact) mass is 490 g/mol. The van der Waals surface area contributed by atoms with Crippen molar-refractivity contribution in [2.75, 3.05) is 20.2 Å². The minimum Gasteiger partial charge on any atom is -0.465 e. The van der Waals surface area contributed by atoms with Crippen molar-refractivity contribution in [3.05, 3.63) is 52.3 Å². The lowest BCUT2D eigenvalue weighted by Gasteiger charge is -2.30. The summed E-state index contributed by atoms with van der Waals surface area (Å²) in [5.74, 6) is -1.17. The fraction of sp³-hybridized carbons (Fsp3) is 0.520. The number of carbonyl (C=O) groups is 2. The molecule has 1 aromatic carbocycles. The summed E-state index contributed by atoms with van der Waals surface area (Å²) in [4.78, 5) is 25.6. The Morgan fingerprint density at radius 3 is 2.47 bits per heavy atom. The van der Waals surface area contributed by atoms with Gasteiger partial charge in [-0.3, -0.25) is 4.79 Å². The number of aromatic nitrogens is 1. The van der Waals surface area contributed by atoms with Gasteiger partial charge in [0.25, 0.3) is 6.30 Å². The molecular weight excluding hydrogens is 459 g/mol. The lowest BCUT2D eigenvalue weighted by Crippen LogP contribution is -2.30. The largest absolute Gasteiger partial charge is 0.465 e. The van der Waals surface area contributed by atoms with Gasteiger partial charge in [0.1, 0.15) is 0 Å². The Hall–Kier alpha value is -2.52. The lowest BCUT2D eigenvalue weighted by molar-refractivity contribution is -0.150. The number of Topliss-reactive ketones (excluding diaryl/α,β-unsaturated/α-hetero) is 1. The van der Waals surface area contributed by atoms with E-state index in [1.165, 1.54) is 8.87 Å². The molecule has 184 valence electrons. The van der Waals surface area contributed by atoms with Gasteiger partial charge in [0.15, 0.2) is 5.78 Å². The molecule has 1 unspecified atom stereocenters. The number of ketones is 1. The quantitative estimate of drug-likeness (QED) is 0.572. The van der Waals surface area contributed by atoms with Gasteiger partial charge in [-0.1, -0.05) is 32.0 Å². The fourth-order valence-electron chi connectivity index (χ4n) is 5.25. The second-order valence-corrected chi connectivity index (χ2v) is 11.9. The van der Waals surface area contributed by atoms with Gasteiger partial charge < -0.3 is 9.30 Å². The van der Waals surface area contributed by atoms with Crippen LogP contribution >= 0.6 is 0 Å². The first kappa shape index (κ1) is 24.6. The second kappa shape index (κ2) is 8.92. The first-order valence-electron chi connectivity index (χ1n) is 11.5. The van der Waals surface area contributed by atoms with Crippen molar-refractivity contribution in [1.29, 1.82) is 0 Å². The fourth-order valence-corrected chi connectivity index (χ4v) is 6.99. The van der Waals surface area contributed by atoms with Crippen molar-refractivity contribution in [3.8, 4) is 0 Å². The zero-order valence-corrected chi connectivity index (χ0v) is 20.9. The number of ether oxygens (including phenoxy) is 1. The normalized spacial score (nSPS) is 19.1. The molecule has 4 rings (SSSR count). The average Bonchev–Trinajstić information content (AvgIpc) is 3.40. The molecule has 2 heterocycles. The SMILES string of the molecule is COC(=O)C(F)n1c(C)c(Cc2ccccc2S(=O)(=O)N2CCCC2)c2c1CC(C)(C)CC2=O. The topological polar surface area (TPSA) is 85.7 Å². The number of esters is 1. The van der Waals surface area contributed by atoms with Crippen LogP contribution in [-0.2, 0) is 32.4 Å². The van der Waals surface area contributed by atoms with E-state index in [1.807, 2.05) is 13.8 Å². The molecule has 0 amide bonds. The number of nitrogens with zero attached hydrogens (tertiary/aromatic N) is 2. The third-order valence-electron chi connectivity index (χ3n) is 6.89. The van der Waals surface area contributed by atoms with E-state index in [2.05, 4.69) is 4.74 Å². The number of sulfonamides is 1. The predicted octanol–water partition coefficient (Wildman–Crippen LogP) is 3.97. The van der Waals surface area contributed by atoms with E-state index in [-0.39, 0.29) is 17.1 Å². The number of hydrogen-bond donors (Lipinski definition) is 0. The number of halogens is 1. The maximum atomic E-state index is 15.3. The van der Waals surface area contributed by atoms with Crippen LogP contribution in [0.4, 0.5) is 4.39 Å². The van der Waals surface area contributed by atoms with Crippen molar-refractivity contribution in [1.82, 2.24) is 8.87 Å². The Bertz CT molecular complexity index is 1240. The van der Waals surface area contributed by atoms with Crippen LogP contribution < -0.4 is 0 Å². The van der Waals surface area contributed by atoms with Gasteiger partial charge in [-0.15, -0.1) is 0 Å². The molecule has 2 aliphatic rings. The summed E-state index contributed by atoms with van der Waals surface area (Å²) in [6.45, 7) is 6.50. The second-order valence-electron chi connectivity index (χ2n) is 9.95. The molecule has 1 saturated heterocycles. The highest BCUT2D eigenvalue weighted by molar-refractivity contribution is 7.89. The number of carbonyl (C=O) groups excluding carboxylic acids is 2. The van der Waals surface area contributed by atoms with Crippen molar-refractivity contribution in [2.45, 2.75) is 64.1 Å². The molecule has 1 aliphatic carbocycles. The van der Waals surface area contributed by atoms with E-state index in [9.17, 15) is 18.0 Å². The number of benzene rings is 1. The van der Waals surface area contributed by atoms with Crippen LogP contribution in [0, 0.1) is 12.3 Å². The summed E-state index contributed by atoms with van der Waals surface area (Å²) in [7, 11) is -2.57. The van der Waals surface area contributed by atoms with Gasteiger partial charge in [-0.25, -0.2) is 17.6 Å². The van der Waals surface area contributed by atoms with Crippen LogP contribution in [0.25, 0.3) is 0 Å². The third-order valence-corrected chi connectivity index (χ3v) is 8.89. The van der Waals surface area contributed by atoms with E-state index in [1.54, 1.807) is 31.2 Å². The van der Waals surface area contributed by atoms with Crippen molar-refractivity contribution in [3.63, 3.8) is 0 Å². The van der Waals surface area contributed by atoms with Gasteiger partial charge in [0.2, 0.25) is 10.0 Å². The van der Waals surface area contributed by atoms with Gasteiger partial charge in [0.05, 0.1) is 12.0 Å². The first-order valence-corrected chi connectivity index (χ1v) is 13.0. The van der Waals surface area contributed by atoms with Gasteiger partial charge in [-0.2, -0.15) is 4.31 Å². The zero-order chi connectivity index (χ0) is 24.8. The smallest absolute Gasteiger partial charge is 0.362 e. The molecular formula is C25H31FN2O5S. The summed E-state index contributed by atoms with van der Waals surface area (Å²) in [5.41, 5.74) is 2.01. The van der Waals surface area contributed by atoms with E-state index in [0.717, 1.165) is 20.0 Å². The van der Waals surface area contributed by atoms with Crippen LogP contribution in [-0.4, -0.2) is 49.2 Å². The molecule has 1 aromatic heterocycles. The van der Waals surface area contributed by atoms with Crippen LogP contribution in [0.15, 0.2) is 29.2 Å². The molecule has 34 heavy (non-hydrogen) atoms. The van der Waals surface area contributed by atoms with Gasteiger partial charge in [-0.05, 0) is 48.8 Å². The molecule has 0 spiro atoms. The molecule has 1 atom stereocenters. The number of methoxy groups -OCH3 is 1. The van der Waals surface area contributed by atoms with E-state index >= 15 is 4.39 Å². The minimum atomic E-state index is -3.69. The van der Waals surface area contributed by atoms with Crippen LogP contribution in [0.1, 0.15) is 72.3 Å². The first-order chi connectivity index (χ1) is 16.0. The Morgan fingerprint density at radius 1 is 1.18 bits per heavy atom. The summed E-state index contributed by atoms with van der Waals surface area (Å²) in [6, 6.07) is 6.76. The predicted molar refractivity (Wildman–Crippen MR) is 125 cm³/mol. The average molecular weight is 491 g/mol. The zero-order valence-electron chi connectivity index (χ0n) is 20.1. The molecule has 1 fully saturated rings. The highest BCUT2D eigenvalue weighted by Gasteiger charge is 2.40. The molecule has 0 bridgehead atoms. The van der Waals surface area contributed by atoms with Crippen LogP contribution in [0.5, 0.6) is 0 Å². The number of rotatable bonds is 6. The van der Waals surface area contributed by atoms with E-state index in [0.29, 0.717) is 54.0 Å². The lowest BCUT2D eigenvalue weighted by atomic mass is 9.75. The molecule has 0 N–H and O–H groups in total. The van der Waals surface area contributed by atoms with Gasteiger partial charge >= 0.3 is 5.97 Å². The summed E-state index contributed by atoms with van der Waals surface area (Å²) >= 11 is 0. The third kappa shape index (κ3) is 4.20.